The van der Waals surface area contributed by atoms with Crippen molar-refractivity contribution in [2.45, 2.75) is 38.6 Å². The zero-order valence-corrected chi connectivity index (χ0v) is 12.6. The summed E-state index contributed by atoms with van der Waals surface area (Å²) in [6, 6.07) is 6.59. The van der Waals surface area contributed by atoms with Crippen molar-refractivity contribution in [3.05, 3.63) is 27.3 Å². The van der Waals surface area contributed by atoms with Gasteiger partial charge in [-0.1, -0.05) is 6.42 Å². The molecule has 1 saturated carbocycles. The van der Waals surface area contributed by atoms with Crippen LogP contribution >= 0.6 is 22.6 Å². The molecule has 3 nitrogen and oxygen atoms in total. The van der Waals surface area contributed by atoms with E-state index < -0.39 is 5.97 Å². The number of benzene rings is 1. The molecular weight excluding hydrogens is 341 g/mol. The summed E-state index contributed by atoms with van der Waals surface area (Å²) in [5, 5.41) is 12.6. The van der Waals surface area contributed by atoms with Crippen LogP contribution < -0.4 is 5.32 Å². The summed E-state index contributed by atoms with van der Waals surface area (Å²) < 4.78 is 1.22. The summed E-state index contributed by atoms with van der Waals surface area (Å²) in [5.41, 5.74) is 2.35. The molecule has 1 aromatic rings. The predicted molar refractivity (Wildman–Crippen MR) is 80.9 cm³/mol. The van der Waals surface area contributed by atoms with E-state index in [4.69, 9.17) is 5.11 Å². The number of halogens is 1. The molecule has 4 heteroatoms. The van der Waals surface area contributed by atoms with Crippen LogP contribution in [-0.4, -0.2) is 17.1 Å². The molecule has 2 unspecified atom stereocenters. The molecule has 18 heavy (non-hydrogen) atoms. The highest BCUT2D eigenvalue weighted by Crippen LogP contribution is 2.28. The number of aryl methyl sites for hydroxylation is 1. The van der Waals surface area contributed by atoms with Crippen LogP contribution in [0.3, 0.4) is 0 Å². The minimum absolute atomic E-state index is 0.180. The van der Waals surface area contributed by atoms with Crippen molar-refractivity contribution in [1.29, 1.82) is 0 Å². The second-order valence-electron chi connectivity index (χ2n) is 5.00. The van der Waals surface area contributed by atoms with E-state index in [2.05, 4.69) is 53.0 Å². The van der Waals surface area contributed by atoms with Crippen molar-refractivity contribution in [3.8, 4) is 0 Å². The normalized spacial score (nSPS) is 23.7. The van der Waals surface area contributed by atoms with Crippen molar-refractivity contribution in [1.82, 2.24) is 0 Å². The fourth-order valence-corrected chi connectivity index (χ4v) is 3.20. The Morgan fingerprint density at radius 3 is 2.89 bits per heavy atom. The molecule has 0 heterocycles. The number of rotatable bonds is 3. The van der Waals surface area contributed by atoms with E-state index in [9.17, 15) is 4.79 Å². The molecule has 1 aromatic carbocycles. The molecule has 1 aliphatic rings. The van der Waals surface area contributed by atoms with Gasteiger partial charge in [0.2, 0.25) is 0 Å². The van der Waals surface area contributed by atoms with Gasteiger partial charge >= 0.3 is 5.97 Å². The average Bonchev–Trinajstić information content (AvgIpc) is 2.33. The van der Waals surface area contributed by atoms with Crippen molar-refractivity contribution < 1.29 is 9.90 Å². The Morgan fingerprint density at radius 1 is 1.44 bits per heavy atom. The zero-order valence-electron chi connectivity index (χ0n) is 10.4. The summed E-state index contributed by atoms with van der Waals surface area (Å²) in [5.74, 6) is -0.832. The number of carbonyl (C=O) groups is 1. The predicted octanol–water partition coefficient (Wildman–Crippen LogP) is 3.65. The number of aliphatic carboxylic acids is 1. The van der Waals surface area contributed by atoms with Crippen LogP contribution in [0.2, 0.25) is 0 Å². The Kier molecular flexibility index (Phi) is 4.48. The van der Waals surface area contributed by atoms with E-state index in [0.717, 1.165) is 31.4 Å². The zero-order chi connectivity index (χ0) is 13.1. The molecule has 0 radical (unpaired) electrons. The van der Waals surface area contributed by atoms with Gasteiger partial charge in [-0.3, -0.25) is 4.79 Å². The number of carboxylic acids is 1. The van der Waals surface area contributed by atoms with Crippen LogP contribution in [0.1, 0.15) is 31.2 Å². The molecule has 0 bridgehead atoms. The third-order valence-corrected chi connectivity index (χ3v) is 4.24. The molecule has 2 atom stereocenters. The van der Waals surface area contributed by atoms with Gasteiger partial charge in [0, 0.05) is 15.3 Å². The van der Waals surface area contributed by atoms with Gasteiger partial charge < -0.3 is 10.4 Å². The Morgan fingerprint density at radius 2 is 2.22 bits per heavy atom. The Labute approximate surface area is 121 Å². The molecule has 1 aliphatic carbocycles. The molecule has 0 saturated heterocycles. The Bertz CT molecular complexity index is 447. The van der Waals surface area contributed by atoms with Gasteiger partial charge in [0.25, 0.3) is 0 Å². The molecule has 0 spiro atoms. The second-order valence-corrected chi connectivity index (χ2v) is 6.25. The molecular formula is C14H18INO2. The monoisotopic (exact) mass is 359 g/mol. The van der Waals surface area contributed by atoms with E-state index in [0.29, 0.717) is 6.04 Å². The van der Waals surface area contributed by atoms with Crippen molar-refractivity contribution >= 4 is 34.2 Å². The van der Waals surface area contributed by atoms with Crippen molar-refractivity contribution in [3.63, 3.8) is 0 Å². The molecule has 2 N–H and O–H groups in total. The van der Waals surface area contributed by atoms with Gasteiger partial charge in [-0.25, -0.2) is 0 Å². The van der Waals surface area contributed by atoms with Gasteiger partial charge in [-0.2, -0.15) is 0 Å². The number of nitrogens with one attached hydrogen (secondary N) is 1. The second kappa shape index (κ2) is 5.91. The fourth-order valence-electron chi connectivity index (χ4n) is 2.55. The topological polar surface area (TPSA) is 49.3 Å². The van der Waals surface area contributed by atoms with Gasteiger partial charge in [0.1, 0.15) is 0 Å². The van der Waals surface area contributed by atoms with Crippen molar-refractivity contribution in [2.75, 3.05) is 5.32 Å². The van der Waals surface area contributed by atoms with E-state index in [1.807, 2.05) is 0 Å². The fraction of sp³-hybridized carbons (Fsp3) is 0.500. The third-order valence-electron chi connectivity index (χ3n) is 3.57. The van der Waals surface area contributed by atoms with Crippen LogP contribution in [-0.2, 0) is 4.79 Å². The van der Waals surface area contributed by atoms with Gasteiger partial charge in [0.05, 0.1) is 5.92 Å². The first-order valence-electron chi connectivity index (χ1n) is 6.32. The average molecular weight is 359 g/mol. The molecule has 0 amide bonds. The Hall–Kier alpha value is -0.780. The maximum atomic E-state index is 11.0. The lowest BCUT2D eigenvalue weighted by molar-refractivity contribution is -0.142. The SMILES string of the molecule is Cc1cc(I)ccc1NC1CCCC(C(=O)O)C1. The van der Waals surface area contributed by atoms with E-state index in [1.165, 1.54) is 9.13 Å². The molecule has 1 fully saturated rings. The number of anilines is 1. The number of hydrogen-bond donors (Lipinski definition) is 2. The lowest BCUT2D eigenvalue weighted by Gasteiger charge is -2.28. The van der Waals surface area contributed by atoms with Crippen LogP contribution in [0, 0.1) is 16.4 Å². The van der Waals surface area contributed by atoms with Crippen LogP contribution in [0.5, 0.6) is 0 Å². The molecule has 0 aliphatic heterocycles. The Balaban J connectivity index is 2.02. The van der Waals surface area contributed by atoms with Gasteiger partial charge in [-0.05, 0) is 72.5 Å². The first kappa shape index (κ1) is 13.6. The minimum Gasteiger partial charge on any atom is -0.481 e. The van der Waals surface area contributed by atoms with E-state index >= 15 is 0 Å². The summed E-state index contributed by atoms with van der Waals surface area (Å²) >= 11 is 2.30. The largest absolute Gasteiger partial charge is 0.481 e. The highest BCUT2D eigenvalue weighted by Gasteiger charge is 2.26. The highest BCUT2D eigenvalue weighted by atomic mass is 127. The first-order chi connectivity index (χ1) is 8.56. The number of carboxylic acid groups (broad SMARTS) is 1. The standard InChI is InChI=1S/C14H18INO2/c1-9-7-11(15)5-6-13(9)16-12-4-2-3-10(8-12)14(17)18/h5-7,10,12,16H,2-4,8H2,1H3,(H,17,18). The summed E-state index contributed by atoms with van der Waals surface area (Å²) in [4.78, 5) is 11.0. The lowest BCUT2D eigenvalue weighted by Crippen LogP contribution is -2.31. The molecule has 0 aromatic heterocycles. The number of hydrogen-bond acceptors (Lipinski definition) is 2. The quantitative estimate of drug-likeness (QED) is 0.810. The smallest absolute Gasteiger partial charge is 0.306 e. The van der Waals surface area contributed by atoms with E-state index in [-0.39, 0.29) is 5.92 Å². The maximum Gasteiger partial charge on any atom is 0.306 e. The summed E-state index contributed by atoms with van der Waals surface area (Å²) in [7, 11) is 0. The summed E-state index contributed by atoms with van der Waals surface area (Å²) in [6.07, 6.45) is 3.62. The molecule has 98 valence electrons. The van der Waals surface area contributed by atoms with Gasteiger partial charge in [0.15, 0.2) is 0 Å². The van der Waals surface area contributed by atoms with Gasteiger partial charge in [-0.15, -0.1) is 0 Å². The lowest BCUT2D eigenvalue weighted by atomic mass is 9.85. The van der Waals surface area contributed by atoms with Crippen LogP contribution in [0.15, 0.2) is 18.2 Å². The first-order valence-corrected chi connectivity index (χ1v) is 7.39. The third kappa shape index (κ3) is 3.37. The summed E-state index contributed by atoms with van der Waals surface area (Å²) in [6.45, 7) is 2.09. The highest BCUT2D eigenvalue weighted by molar-refractivity contribution is 14.1. The van der Waals surface area contributed by atoms with E-state index in [1.54, 1.807) is 0 Å². The van der Waals surface area contributed by atoms with Crippen molar-refractivity contribution in [2.24, 2.45) is 5.92 Å². The minimum atomic E-state index is -0.652. The maximum absolute atomic E-state index is 11.0. The van der Waals surface area contributed by atoms with Crippen LogP contribution in [0.4, 0.5) is 5.69 Å². The molecule has 2 rings (SSSR count). The van der Waals surface area contributed by atoms with Crippen LogP contribution in [0.25, 0.3) is 0 Å².